The van der Waals surface area contributed by atoms with Crippen molar-refractivity contribution in [1.29, 1.82) is 0 Å². The third kappa shape index (κ3) is 3.40. The summed E-state index contributed by atoms with van der Waals surface area (Å²) in [5, 5.41) is 8.57. The fraction of sp³-hybridized carbons (Fsp3) is 0.385. The fourth-order valence-electron chi connectivity index (χ4n) is 1.67. The highest BCUT2D eigenvalue weighted by Crippen LogP contribution is 2.24. The minimum absolute atomic E-state index is 0.0647. The van der Waals surface area contributed by atoms with Gasteiger partial charge in [0.1, 0.15) is 12.4 Å². The van der Waals surface area contributed by atoms with Crippen LogP contribution >= 0.6 is 0 Å². The first-order valence-electron chi connectivity index (χ1n) is 5.11. The molecule has 0 bridgehead atoms. The van der Waals surface area contributed by atoms with Crippen molar-refractivity contribution in [1.82, 2.24) is 0 Å². The van der Waals surface area contributed by atoms with E-state index in [1.165, 1.54) is 5.56 Å². The van der Waals surface area contributed by atoms with Crippen molar-refractivity contribution in [2.45, 2.75) is 20.8 Å². The lowest BCUT2D eigenvalue weighted by Crippen LogP contribution is -1.98. The van der Waals surface area contributed by atoms with Crippen molar-refractivity contribution in [2.75, 3.05) is 13.2 Å². The molecule has 1 aromatic carbocycles. The molecule has 0 aliphatic rings. The van der Waals surface area contributed by atoms with E-state index in [4.69, 9.17) is 9.84 Å². The summed E-state index contributed by atoms with van der Waals surface area (Å²) in [7, 11) is 0. The number of ether oxygens (including phenoxy) is 1. The van der Waals surface area contributed by atoms with Crippen LogP contribution in [0.2, 0.25) is 0 Å². The van der Waals surface area contributed by atoms with E-state index >= 15 is 0 Å². The van der Waals surface area contributed by atoms with E-state index in [0.717, 1.165) is 16.9 Å². The van der Waals surface area contributed by atoms with E-state index in [1.54, 1.807) is 6.08 Å². The second-order valence-corrected chi connectivity index (χ2v) is 3.69. The van der Waals surface area contributed by atoms with Gasteiger partial charge in [-0.1, -0.05) is 23.8 Å². The third-order valence-corrected chi connectivity index (χ3v) is 2.20. The van der Waals surface area contributed by atoms with Gasteiger partial charge in [-0.15, -0.1) is 0 Å². The normalized spacial score (nSPS) is 10.9. The third-order valence-electron chi connectivity index (χ3n) is 2.20. The predicted molar refractivity (Wildman–Crippen MR) is 62.4 cm³/mol. The zero-order valence-electron chi connectivity index (χ0n) is 9.58. The summed E-state index contributed by atoms with van der Waals surface area (Å²) in [5.74, 6) is 0.947. The van der Waals surface area contributed by atoms with E-state index < -0.39 is 0 Å². The van der Waals surface area contributed by atoms with Crippen LogP contribution in [0.4, 0.5) is 0 Å². The van der Waals surface area contributed by atoms with Crippen LogP contribution < -0.4 is 4.74 Å². The largest absolute Gasteiger partial charge is 0.489 e. The molecule has 1 rings (SSSR count). The lowest BCUT2D eigenvalue weighted by molar-refractivity contribution is 0.335. The quantitative estimate of drug-likeness (QED) is 0.767. The molecule has 2 nitrogen and oxygen atoms in total. The van der Waals surface area contributed by atoms with Crippen LogP contribution in [0.15, 0.2) is 24.3 Å². The molecule has 82 valence electrons. The molecule has 0 saturated heterocycles. The maximum atomic E-state index is 8.57. The molecule has 0 saturated carbocycles. The Kier molecular flexibility index (Phi) is 4.37. The lowest BCUT2D eigenvalue weighted by atomic mass is 10.1. The molecular formula is C13H18O2. The van der Waals surface area contributed by atoms with E-state index in [-0.39, 0.29) is 6.61 Å². The molecule has 0 amide bonds. The summed E-state index contributed by atoms with van der Waals surface area (Å²) >= 11 is 0. The maximum absolute atomic E-state index is 8.57. The SMILES string of the molecule is Cc1cc(C)c(OC/C=C/CO)c(C)c1. The topological polar surface area (TPSA) is 29.5 Å². The summed E-state index contributed by atoms with van der Waals surface area (Å²) in [6.07, 6.45) is 3.50. The van der Waals surface area contributed by atoms with Gasteiger partial charge in [-0.05, 0) is 38.0 Å². The second kappa shape index (κ2) is 5.56. The first-order valence-corrected chi connectivity index (χ1v) is 5.11. The second-order valence-electron chi connectivity index (χ2n) is 3.69. The van der Waals surface area contributed by atoms with E-state index in [2.05, 4.69) is 19.1 Å². The van der Waals surface area contributed by atoms with Crippen molar-refractivity contribution in [3.63, 3.8) is 0 Å². The molecule has 0 fully saturated rings. The molecule has 0 aliphatic carbocycles. The standard InChI is InChI=1S/C13H18O2/c1-10-8-11(2)13(12(3)9-10)15-7-5-4-6-14/h4-5,8-9,14H,6-7H2,1-3H3/b5-4+. The molecule has 0 unspecified atom stereocenters. The minimum Gasteiger partial charge on any atom is -0.489 e. The maximum Gasteiger partial charge on any atom is 0.125 e. The highest BCUT2D eigenvalue weighted by atomic mass is 16.5. The Bertz CT molecular complexity index is 331. The summed E-state index contributed by atoms with van der Waals surface area (Å²) < 4.78 is 5.63. The van der Waals surface area contributed by atoms with Crippen molar-refractivity contribution < 1.29 is 9.84 Å². The zero-order chi connectivity index (χ0) is 11.3. The Morgan fingerprint density at radius 1 is 1.13 bits per heavy atom. The summed E-state index contributed by atoms with van der Waals surface area (Å²) in [6.45, 7) is 6.74. The Morgan fingerprint density at radius 3 is 2.27 bits per heavy atom. The molecule has 0 atom stereocenters. The number of aryl methyl sites for hydroxylation is 3. The molecule has 0 aliphatic heterocycles. The molecule has 0 radical (unpaired) electrons. The van der Waals surface area contributed by atoms with Crippen molar-refractivity contribution in [3.05, 3.63) is 41.0 Å². The van der Waals surface area contributed by atoms with Crippen LogP contribution in [0.5, 0.6) is 5.75 Å². The number of aliphatic hydroxyl groups is 1. The van der Waals surface area contributed by atoms with E-state index in [1.807, 2.05) is 19.9 Å². The van der Waals surface area contributed by atoms with Gasteiger partial charge in [0.2, 0.25) is 0 Å². The molecule has 0 heterocycles. The summed E-state index contributed by atoms with van der Waals surface area (Å²) in [6, 6.07) is 4.22. The molecule has 1 aromatic rings. The minimum atomic E-state index is 0.0647. The Balaban J connectivity index is 2.72. The molecule has 2 heteroatoms. The smallest absolute Gasteiger partial charge is 0.125 e. The van der Waals surface area contributed by atoms with Gasteiger partial charge in [-0.3, -0.25) is 0 Å². The molecule has 0 aromatic heterocycles. The Morgan fingerprint density at radius 2 is 1.73 bits per heavy atom. The zero-order valence-corrected chi connectivity index (χ0v) is 9.58. The number of rotatable bonds is 4. The number of hydrogen-bond donors (Lipinski definition) is 1. The number of aliphatic hydroxyl groups excluding tert-OH is 1. The van der Waals surface area contributed by atoms with Crippen molar-refractivity contribution in [3.8, 4) is 5.75 Å². The van der Waals surface area contributed by atoms with Gasteiger partial charge >= 0.3 is 0 Å². The first kappa shape index (κ1) is 11.8. The van der Waals surface area contributed by atoms with Gasteiger partial charge in [0.25, 0.3) is 0 Å². The van der Waals surface area contributed by atoms with Gasteiger partial charge in [0.15, 0.2) is 0 Å². The van der Waals surface area contributed by atoms with Gasteiger partial charge < -0.3 is 9.84 Å². The highest BCUT2D eigenvalue weighted by Gasteiger charge is 2.03. The van der Waals surface area contributed by atoms with Crippen LogP contribution in [0.1, 0.15) is 16.7 Å². The summed E-state index contributed by atoms with van der Waals surface area (Å²) in [4.78, 5) is 0. The van der Waals surface area contributed by atoms with Crippen molar-refractivity contribution >= 4 is 0 Å². The van der Waals surface area contributed by atoms with E-state index in [0.29, 0.717) is 6.61 Å². The number of benzene rings is 1. The Hall–Kier alpha value is -1.28. The van der Waals surface area contributed by atoms with Crippen LogP contribution in [0.25, 0.3) is 0 Å². The average Bonchev–Trinajstić information content (AvgIpc) is 2.15. The van der Waals surface area contributed by atoms with Gasteiger partial charge in [0, 0.05) is 0 Å². The van der Waals surface area contributed by atoms with Crippen LogP contribution in [0.3, 0.4) is 0 Å². The summed E-state index contributed by atoms with van der Waals surface area (Å²) in [5.41, 5.74) is 3.57. The van der Waals surface area contributed by atoms with Gasteiger partial charge in [-0.25, -0.2) is 0 Å². The fourth-order valence-corrected chi connectivity index (χ4v) is 1.67. The average molecular weight is 206 g/mol. The Labute approximate surface area is 91.2 Å². The van der Waals surface area contributed by atoms with Gasteiger partial charge in [0.05, 0.1) is 6.61 Å². The predicted octanol–water partition coefficient (Wildman–Crippen LogP) is 2.54. The molecule has 0 spiro atoms. The van der Waals surface area contributed by atoms with Crippen LogP contribution in [-0.2, 0) is 0 Å². The van der Waals surface area contributed by atoms with Crippen LogP contribution in [-0.4, -0.2) is 18.3 Å². The highest BCUT2D eigenvalue weighted by molar-refractivity contribution is 5.42. The lowest BCUT2D eigenvalue weighted by Gasteiger charge is -2.11. The van der Waals surface area contributed by atoms with Gasteiger partial charge in [-0.2, -0.15) is 0 Å². The first-order chi connectivity index (χ1) is 7.15. The van der Waals surface area contributed by atoms with Crippen LogP contribution in [0, 0.1) is 20.8 Å². The van der Waals surface area contributed by atoms with E-state index in [9.17, 15) is 0 Å². The molecule has 15 heavy (non-hydrogen) atoms. The number of hydrogen-bond acceptors (Lipinski definition) is 2. The molecular weight excluding hydrogens is 188 g/mol. The van der Waals surface area contributed by atoms with Crippen molar-refractivity contribution in [2.24, 2.45) is 0 Å². The monoisotopic (exact) mass is 206 g/mol. The molecule has 1 N–H and O–H groups in total.